The Morgan fingerprint density at radius 3 is 2.50 bits per heavy atom. The van der Waals surface area contributed by atoms with E-state index in [1.54, 1.807) is 23.1 Å². The monoisotopic (exact) mass is 449 g/mol. The number of piperazine rings is 1. The molecule has 1 unspecified atom stereocenters. The van der Waals surface area contributed by atoms with Crippen LogP contribution in [0.5, 0.6) is 0 Å². The minimum absolute atomic E-state index is 0.0632. The van der Waals surface area contributed by atoms with Crippen LogP contribution in [0.3, 0.4) is 0 Å². The van der Waals surface area contributed by atoms with Crippen molar-refractivity contribution in [2.45, 2.75) is 19.3 Å². The molecule has 4 nitrogen and oxygen atoms in total. The summed E-state index contributed by atoms with van der Waals surface area (Å²) in [5, 5.41) is 0.907. The van der Waals surface area contributed by atoms with Gasteiger partial charge in [0, 0.05) is 50.0 Å². The lowest BCUT2D eigenvalue weighted by Gasteiger charge is -2.36. The Labute approximate surface area is 187 Å². The van der Waals surface area contributed by atoms with Crippen molar-refractivity contribution in [1.29, 1.82) is 0 Å². The van der Waals surface area contributed by atoms with Crippen LogP contribution in [-0.2, 0) is 11.2 Å². The molecule has 2 aromatic carbocycles. The Morgan fingerprint density at radius 1 is 1.00 bits per heavy atom. The first kappa shape index (κ1) is 21.4. The molecule has 2 fully saturated rings. The van der Waals surface area contributed by atoms with Gasteiger partial charge in [-0.05, 0) is 68.3 Å². The van der Waals surface area contributed by atoms with Gasteiger partial charge in [0.25, 0.3) is 0 Å². The SMILES string of the molecule is CN1CCN(c2ccc(F)cc2CC2CCCN(c3ccc(Cl)c(Cl)c3)C2=O)CC1. The molecule has 2 saturated heterocycles. The average molecular weight is 450 g/mol. The van der Waals surface area contributed by atoms with Gasteiger partial charge < -0.3 is 14.7 Å². The molecule has 0 bridgehead atoms. The van der Waals surface area contributed by atoms with Crippen LogP contribution in [0.2, 0.25) is 10.0 Å². The predicted molar refractivity (Wildman–Crippen MR) is 121 cm³/mol. The summed E-state index contributed by atoms with van der Waals surface area (Å²) >= 11 is 12.2. The summed E-state index contributed by atoms with van der Waals surface area (Å²) < 4.78 is 14.1. The van der Waals surface area contributed by atoms with Gasteiger partial charge in [0.15, 0.2) is 0 Å². The fourth-order valence-electron chi connectivity index (χ4n) is 4.39. The smallest absolute Gasteiger partial charge is 0.230 e. The van der Waals surface area contributed by atoms with Crippen LogP contribution in [0.15, 0.2) is 36.4 Å². The van der Waals surface area contributed by atoms with Crippen molar-refractivity contribution in [3.05, 3.63) is 57.8 Å². The van der Waals surface area contributed by atoms with Gasteiger partial charge in [-0.25, -0.2) is 4.39 Å². The molecule has 0 spiro atoms. The highest BCUT2D eigenvalue weighted by atomic mass is 35.5. The standard InChI is InChI=1S/C23H26Cl2FN3O/c1-27-9-11-28(12-10-27)22-7-4-18(26)14-17(22)13-16-3-2-8-29(23(16)30)19-5-6-20(24)21(25)15-19/h4-7,14-16H,2-3,8-13H2,1H3. The van der Waals surface area contributed by atoms with Crippen LogP contribution in [0.1, 0.15) is 18.4 Å². The van der Waals surface area contributed by atoms with Crippen LogP contribution in [-0.4, -0.2) is 50.6 Å². The molecule has 30 heavy (non-hydrogen) atoms. The Balaban J connectivity index is 1.55. The topological polar surface area (TPSA) is 26.8 Å². The fraction of sp³-hybridized carbons (Fsp3) is 0.435. The van der Waals surface area contributed by atoms with Crippen molar-refractivity contribution >= 4 is 40.5 Å². The highest BCUT2D eigenvalue weighted by Crippen LogP contribution is 2.33. The van der Waals surface area contributed by atoms with Crippen LogP contribution < -0.4 is 9.80 Å². The van der Waals surface area contributed by atoms with E-state index >= 15 is 0 Å². The van der Waals surface area contributed by atoms with Crippen LogP contribution in [0, 0.1) is 11.7 Å². The van der Waals surface area contributed by atoms with E-state index in [1.807, 2.05) is 12.1 Å². The molecule has 0 aliphatic carbocycles. The van der Waals surface area contributed by atoms with Crippen molar-refractivity contribution in [2.24, 2.45) is 5.92 Å². The Morgan fingerprint density at radius 2 is 1.77 bits per heavy atom. The zero-order valence-electron chi connectivity index (χ0n) is 17.1. The molecule has 0 radical (unpaired) electrons. The molecule has 1 atom stereocenters. The first-order chi connectivity index (χ1) is 14.4. The van der Waals surface area contributed by atoms with E-state index < -0.39 is 0 Å². The average Bonchev–Trinajstić information content (AvgIpc) is 2.73. The Bertz CT molecular complexity index is 931. The highest BCUT2D eigenvalue weighted by Gasteiger charge is 2.31. The quantitative estimate of drug-likeness (QED) is 0.665. The lowest BCUT2D eigenvalue weighted by atomic mass is 9.89. The third-order valence-electron chi connectivity index (χ3n) is 6.12. The maximum Gasteiger partial charge on any atom is 0.230 e. The summed E-state index contributed by atoms with van der Waals surface area (Å²) in [6.45, 7) is 4.42. The maximum atomic E-state index is 14.1. The summed E-state index contributed by atoms with van der Waals surface area (Å²) in [6.07, 6.45) is 2.24. The first-order valence-electron chi connectivity index (χ1n) is 10.4. The normalized spacial score (nSPS) is 20.7. The van der Waals surface area contributed by atoms with E-state index in [0.717, 1.165) is 56.0 Å². The lowest BCUT2D eigenvalue weighted by Crippen LogP contribution is -2.45. The van der Waals surface area contributed by atoms with Crippen LogP contribution in [0.25, 0.3) is 0 Å². The summed E-state index contributed by atoms with van der Waals surface area (Å²) in [5.41, 5.74) is 2.72. The van der Waals surface area contributed by atoms with E-state index in [0.29, 0.717) is 23.0 Å². The molecule has 2 heterocycles. The zero-order chi connectivity index (χ0) is 21.3. The zero-order valence-corrected chi connectivity index (χ0v) is 18.6. The van der Waals surface area contributed by atoms with Gasteiger partial charge in [-0.2, -0.15) is 0 Å². The summed E-state index contributed by atoms with van der Waals surface area (Å²) in [5.74, 6) is -0.373. The number of likely N-dealkylation sites (N-methyl/N-ethyl adjacent to an activating group) is 1. The number of benzene rings is 2. The van der Waals surface area contributed by atoms with Gasteiger partial charge in [0.2, 0.25) is 5.91 Å². The number of hydrogen-bond acceptors (Lipinski definition) is 3. The molecule has 0 saturated carbocycles. The molecular weight excluding hydrogens is 424 g/mol. The maximum absolute atomic E-state index is 14.1. The number of rotatable bonds is 4. The number of hydrogen-bond donors (Lipinski definition) is 0. The van der Waals surface area contributed by atoms with Crippen LogP contribution in [0.4, 0.5) is 15.8 Å². The number of halogens is 3. The second-order valence-electron chi connectivity index (χ2n) is 8.19. The number of piperidine rings is 1. The third-order valence-corrected chi connectivity index (χ3v) is 6.86. The number of carbonyl (C=O) groups excluding carboxylic acids is 1. The van der Waals surface area contributed by atoms with Gasteiger partial charge >= 0.3 is 0 Å². The van der Waals surface area contributed by atoms with Gasteiger partial charge in [-0.1, -0.05) is 23.2 Å². The molecule has 4 rings (SSSR count). The molecular formula is C23H26Cl2FN3O. The van der Waals surface area contributed by atoms with Crippen molar-refractivity contribution in [2.75, 3.05) is 49.6 Å². The van der Waals surface area contributed by atoms with E-state index in [2.05, 4.69) is 16.8 Å². The van der Waals surface area contributed by atoms with E-state index in [1.165, 1.54) is 6.07 Å². The van der Waals surface area contributed by atoms with Gasteiger partial charge in [-0.15, -0.1) is 0 Å². The van der Waals surface area contributed by atoms with Crippen molar-refractivity contribution < 1.29 is 9.18 Å². The van der Waals surface area contributed by atoms with Gasteiger partial charge in [0.1, 0.15) is 5.82 Å². The summed E-state index contributed by atoms with van der Waals surface area (Å²) in [7, 11) is 2.11. The molecule has 160 valence electrons. The number of amides is 1. The minimum Gasteiger partial charge on any atom is -0.369 e. The van der Waals surface area contributed by atoms with Gasteiger partial charge in [-0.3, -0.25) is 4.79 Å². The van der Waals surface area contributed by atoms with E-state index in [4.69, 9.17) is 23.2 Å². The second kappa shape index (κ2) is 9.13. The predicted octanol–water partition coefficient (Wildman–Crippen LogP) is 4.87. The van der Waals surface area contributed by atoms with E-state index in [-0.39, 0.29) is 17.6 Å². The summed E-state index contributed by atoms with van der Waals surface area (Å²) in [6, 6.07) is 10.3. The molecule has 2 aliphatic rings. The molecule has 0 aromatic heterocycles. The molecule has 2 aromatic rings. The largest absolute Gasteiger partial charge is 0.369 e. The van der Waals surface area contributed by atoms with E-state index in [9.17, 15) is 9.18 Å². The lowest BCUT2D eigenvalue weighted by molar-refractivity contribution is -0.123. The van der Waals surface area contributed by atoms with Crippen molar-refractivity contribution in [1.82, 2.24) is 4.90 Å². The molecule has 2 aliphatic heterocycles. The molecule has 1 amide bonds. The molecule has 7 heteroatoms. The van der Waals surface area contributed by atoms with Crippen molar-refractivity contribution in [3.63, 3.8) is 0 Å². The number of carbonyl (C=O) groups is 1. The third kappa shape index (κ3) is 4.58. The first-order valence-corrected chi connectivity index (χ1v) is 11.2. The number of anilines is 2. The number of nitrogens with zero attached hydrogens (tertiary/aromatic N) is 3. The summed E-state index contributed by atoms with van der Waals surface area (Å²) in [4.78, 5) is 19.7. The minimum atomic E-state index is -0.257. The Kier molecular flexibility index (Phi) is 6.51. The second-order valence-corrected chi connectivity index (χ2v) is 9.01. The van der Waals surface area contributed by atoms with Crippen molar-refractivity contribution in [3.8, 4) is 0 Å². The highest BCUT2D eigenvalue weighted by molar-refractivity contribution is 6.42. The van der Waals surface area contributed by atoms with Crippen LogP contribution >= 0.6 is 23.2 Å². The fourth-order valence-corrected chi connectivity index (χ4v) is 4.68. The Hall–Kier alpha value is -1.82. The molecule has 0 N–H and O–H groups in total. The van der Waals surface area contributed by atoms with Gasteiger partial charge in [0.05, 0.1) is 10.0 Å².